The summed E-state index contributed by atoms with van der Waals surface area (Å²) in [5.41, 5.74) is 1.36. The van der Waals surface area contributed by atoms with Crippen molar-refractivity contribution in [3.63, 3.8) is 0 Å². The molecule has 0 fully saturated rings. The Bertz CT molecular complexity index is 1190. The van der Waals surface area contributed by atoms with Crippen molar-refractivity contribution >= 4 is 23.1 Å². The number of halogens is 2. The topological polar surface area (TPSA) is 109 Å². The molecule has 4 rings (SSSR count). The lowest BCUT2D eigenvalue weighted by atomic mass is 10.2. The highest BCUT2D eigenvalue weighted by Crippen LogP contribution is 2.34. The first kappa shape index (κ1) is 21.2. The number of benzene rings is 1. The molecule has 9 nitrogen and oxygen atoms in total. The van der Waals surface area contributed by atoms with Crippen LogP contribution in [0.15, 0.2) is 32.4 Å². The van der Waals surface area contributed by atoms with E-state index in [2.05, 4.69) is 30.1 Å². The van der Waals surface area contributed by atoms with E-state index in [9.17, 15) is 8.78 Å². The van der Waals surface area contributed by atoms with E-state index in [1.807, 2.05) is 13.8 Å². The minimum atomic E-state index is -2.96. The SMILES string of the molecule is COc1cc(-c2noc(CSc3nnc(-c4sc(C)nc4C)o3)n2)ccc1OC(F)F. The van der Waals surface area contributed by atoms with Crippen LogP contribution in [0.2, 0.25) is 0 Å². The van der Waals surface area contributed by atoms with Crippen LogP contribution in [0, 0.1) is 13.8 Å². The molecule has 0 aliphatic carbocycles. The van der Waals surface area contributed by atoms with Crippen molar-refractivity contribution in [2.24, 2.45) is 0 Å². The lowest BCUT2D eigenvalue weighted by Crippen LogP contribution is -2.03. The molecule has 4 aromatic rings. The Balaban J connectivity index is 1.44. The second kappa shape index (κ2) is 8.98. The van der Waals surface area contributed by atoms with Gasteiger partial charge in [-0.3, -0.25) is 0 Å². The Hall–Kier alpha value is -3.06. The number of methoxy groups -OCH3 is 1. The average molecular weight is 467 g/mol. The highest BCUT2D eigenvalue weighted by molar-refractivity contribution is 7.98. The van der Waals surface area contributed by atoms with Crippen LogP contribution >= 0.6 is 23.1 Å². The van der Waals surface area contributed by atoms with E-state index in [-0.39, 0.29) is 17.3 Å². The van der Waals surface area contributed by atoms with Gasteiger partial charge in [0.1, 0.15) is 4.88 Å². The smallest absolute Gasteiger partial charge is 0.387 e. The number of thioether (sulfide) groups is 1. The van der Waals surface area contributed by atoms with Crippen LogP contribution in [0.5, 0.6) is 11.5 Å². The zero-order chi connectivity index (χ0) is 22.0. The number of alkyl halides is 2. The van der Waals surface area contributed by atoms with E-state index in [0.717, 1.165) is 15.6 Å². The number of rotatable bonds is 8. The number of aromatic nitrogens is 5. The molecule has 0 amide bonds. The van der Waals surface area contributed by atoms with Gasteiger partial charge < -0.3 is 18.4 Å². The fraction of sp³-hybridized carbons (Fsp3) is 0.278. The Kier molecular flexibility index (Phi) is 6.13. The molecule has 0 atom stereocenters. The third kappa shape index (κ3) is 4.82. The maximum absolute atomic E-state index is 12.5. The monoisotopic (exact) mass is 467 g/mol. The van der Waals surface area contributed by atoms with E-state index >= 15 is 0 Å². The van der Waals surface area contributed by atoms with Crippen molar-refractivity contribution in [2.45, 2.75) is 31.4 Å². The Labute approximate surface area is 182 Å². The second-order valence-corrected chi connectivity index (χ2v) is 8.19. The Morgan fingerprint density at radius 2 is 2.00 bits per heavy atom. The first-order valence-corrected chi connectivity index (χ1v) is 10.6. The number of hydrogen-bond acceptors (Lipinski definition) is 11. The van der Waals surface area contributed by atoms with Gasteiger partial charge in [-0.15, -0.1) is 21.5 Å². The summed E-state index contributed by atoms with van der Waals surface area (Å²) in [6.45, 7) is 0.842. The summed E-state index contributed by atoms with van der Waals surface area (Å²) in [6, 6.07) is 4.38. The molecule has 0 bridgehead atoms. The van der Waals surface area contributed by atoms with Gasteiger partial charge in [0.05, 0.1) is 23.6 Å². The molecule has 0 radical (unpaired) electrons. The van der Waals surface area contributed by atoms with E-state index in [0.29, 0.717) is 28.3 Å². The molecule has 3 heterocycles. The summed E-state index contributed by atoms with van der Waals surface area (Å²) >= 11 is 2.73. The number of aryl methyl sites for hydroxylation is 2. The van der Waals surface area contributed by atoms with E-state index in [1.54, 1.807) is 0 Å². The normalized spacial score (nSPS) is 11.3. The number of nitrogens with zero attached hydrogens (tertiary/aromatic N) is 5. The van der Waals surface area contributed by atoms with E-state index in [4.69, 9.17) is 13.7 Å². The van der Waals surface area contributed by atoms with Gasteiger partial charge in [0, 0.05) is 5.56 Å². The Morgan fingerprint density at radius 3 is 2.71 bits per heavy atom. The van der Waals surface area contributed by atoms with Crippen molar-refractivity contribution in [3.8, 4) is 33.7 Å². The molecule has 0 unspecified atom stereocenters. The lowest BCUT2D eigenvalue weighted by molar-refractivity contribution is -0.0512. The minimum absolute atomic E-state index is 0.0842. The fourth-order valence-electron chi connectivity index (χ4n) is 2.64. The van der Waals surface area contributed by atoms with E-state index < -0.39 is 6.61 Å². The van der Waals surface area contributed by atoms with Gasteiger partial charge in [0.2, 0.25) is 11.7 Å². The average Bonchev–Trinajstić information content (AvgIpc) is 3.46. The molecule has 0 N–H and O–H groups in total. The van der Waals surface area contributed by atoms with Gasteiger partial charge in [0.25, 0.3) is 11.1 Å². The number of thiazole rings is 1. The maximum Gasteiger partial charge on any atom is 0.387 e. The lowest BCUT2D eigenvalue weighted by Gasteiger charge is -2.10. The predicted octanol–water partition coefficient (Wildman–Crippen LogP) is 4.76. The largest absolute Gasteiger partial charge is 0.493 e. The summed E-state index contributed by atoms with van der Waals surface area (Å²) in [6.07, 6.45) is 0. The molecule has 0 spiro atoms. The van der Waals surface area contributed by atoms with Crippen LogP contribution in [-0.4, -0.2) is 39.0 Å². The Morgan fingerprint density at radius 1 is 1.16 bits per heavy atom. The summed E-state index contributed by atoms with van der Waals surface area (Å²) in [5, 5.41) is 13.3. The van der Waals surface area contributed by atoms with Crippen LogP contribution in [-0.2, 0) is 5.75 Å². The van der Waals surface area contributed by atoms with Crippen molar-refractivity contribution in [2.75, 3.05) is 7.11 Å². The number of ether oxygens (including phenoxy) is 2. The molecule has 0 saturated carbocycles. The predicted molar refractivity (Wildman–Crippen MR) is 107 cm³/mol. The standard InChI is InChI=1S/C18H15F2N5O4S2/c1-8-14(31-9(2)21-8)16-23-24-18(28-16)30-7-13-22-15(25-29-13)10-4-5-11(27-17(19)20)12(6-10)26-3/h4-6,17H,7H2,1-3H3. The molecule has 31 heavy (non-hydrogen) atoms. The second-order valence-electron chi connectivity index (χ2n) is 6.07. The molecule has 3 aromatic heterocycles. The molecular weight excluding hydrogens is 452 g/mol. The first-order valence-electron chi connectivity index (χ1n) is 8.79. The molecule has 1 aromatic carbocycles. The van der Waals surface area contributed by atoms with Gasteiger partial charge in [-0.1, -0.05) is 16.9 Å². The zero-order valence-corrected chi connectivity index (χ0v) is 18.1. The van der Waals surface area contributed by atoms with Crippen molar-refractivity contribution in [1.82, 2.24) is 25.3 Å². The van der Waals surface area contributed by atoms with Crippen LogP contribution in [0.25, 0.3) is 22.2 Å². The van der Waals surface area contributed by atoms with Crippen LogP contribution in [0.4, 0.5) is 8.78 Å². The summed E-state index contributed by atoms with van der Waals surface area (Å²) in [7, 11) is 1.35. The highest BCUT2D eigenvalue weighted by atomic mass is 32.2. The van der Waals surface area contributed by atoms with Gasteiger partial charge >= 0.3 is 6.61 Å². The molecule has 0 aliphatic rings. The fourth-order valence-corrected chi connectivity index (χ4v) is 4.09. The summed E-state index contributed by atoms with van der Waals surface area (Å²) in [4.78, 5) is 9.49. The van der Waals surface area contributed by atoms with Crippen LogP contribution in [0.3, 0.4) is 0 Å². The summed E-state index contributed by atoms with van der Waals surface area (Å²) < 4.78 is 45.4. The van der Waals surface area contributed by atoms with Crippen molar-refractivity contribution in [1.29, 1.82) is 0 Å². The van der Waals surface area contributed by atoms with Gasteiger partial charge in [-0.2, -0.15) is 13.8 Å². The van der Waals surface area contributed by atoms with Crippen LogP contribution in [0.1, 0.15) is 16.6 Å². The summed E-state index contributed by atoms with van der Waals surface area (Å²) in [5.74, 6) is 1.37. The number of hydrogen-bond donors (Lipinski definition) is 0. The quantitative estimate of drug-likeness (QED) is 0.336. The van der Waals surface area contributed by atoms with Crippen LogP contribution < -0.4 is 9.47 Å². The molecule has 0 aliphatic heterocycles. The molecule has 13 heteroatoms. The highest BCUT2D eigenvalue weighted by Gasteiger charge is 2.18. The minimum Gasteiger partial charge on any atom is -0.493 e. The van der Waals surface area contributed by atoms with E-state index in [1.165, 1.54) is 48.4 Å². The van der Waals surface area contributed by atoms with Gasteiger partial charge in [-0.05, 0) is 32.0 Å². The zero-order valence-electron chi connectivity index (χ0n) is 16.5. The van der Waals surface area contributed by atoms with Crippen molar-refractivity contribution in [3.05, 3.63) is 34.8 Å². The molecule has 162 valence electrons. The van der Waals surface area contributed by atoms with Crippen molar-refractivity contribution < 1.29 is 27.2 Å². The molecule has 0 saturated heterocycles. The maximum atomic E-state index is 12.5. The third-order valence-electron chi connectivity index (χ3n) is 3.93. The first-order chi connectivity index (χ1) is 14.9. The van der Waals surface area contributed by atoms with Gasteiger partial charge in [-0.25, -0.2) is 4.98 Å². The third-order valence-corrected chi connectivity index (χ3v) is 5.79. The molecular formula is C18H15F2N5O4S2. The van der Waals surface area contributed by atoms with Gasteiger partial charge in [0.15, 0.2) is 11.5 Å².